The van der Waals surface area contributed by atoms with Gasteiger partial charge in [-0.25, -0.2) is 14.4 Å². The van der Waals surface area contributed by atoms with Crippen LogP contribution in [-0.4, -0.2) is 30.8 Å². The summed E-state index contributed by atoms with van der Waals surface area (Å²) in [5.41, 5.74) is 1.07. The number of benzene rings is 2. The largest absolute Gasteiger partial charge is 0.497 e. The van der Waals surface area contributed by atoms with Crippen molar-refractivity contribution >= 4 is 23.0 Å². The Kier molecular flexibility index (Phi) is 6.76. The van der Waals surface area contributed by atoms with Crippen LogP contribution < -0.4 is 20.4 Å². The van der Waals surface area contributed by atoms with Gasteiger partial charge in [0.25, 0.3) is 0 Å². The molecule has 1 N–H and O–H groups in total. The molecule has 3 rings (SSSR count). The number of nitrogens with one attached hydrogen (secondary N) is 1. The molecule has 8 nitrogen and oxygen atoms in total. The molecule has 0 fully saturated rings. The van der Waals surface area contributed by atoms with E-state index in [4.69, 9.17) is 18.6 Å². The first kappa shape index (κ1) is 23.8. The Bertz CT molecular complexity index is 1240. The maximum Gasteiger partial charge on any atom is 0.408 e. The number of carbonyl (C=O) groups excluding carboxylic acids is 2. The summed E-state index contributed by atoms with van der Waals surface area (Å²) in [6, 6.07) is 11.1. The zero-order valence-corrected chi connectivity index (χ0v) is 19.5. The monoisotopic (exact) mass is 453 g/mol. The lowest BCUT2D eigenvalue weighted by Gasteiger charge is -2.21. The van der Waals surface area contributed by atoms with Gasteiger partial charge in [0.1, 0.15) is 28.7 Å². The summed E-state index contributed by atoms with van der Waals surface area (Å²) in [5, 5.41) is 3.13. The van der Waals surface area contributed by atoms with Gasteiger partial charge in [-0.3, -0.25) is 0 Å². The van der Waals surface area contributed by atoms with E-state index in [1.165, 1.54) is 13.0 Å². The lowest BCUT2D eigenvalue weighted by Crippen LogP contribution is -2.43. The van der Waals surface area contributed by atoms with Crippen LogP contribution in [0.4, 0.5) is 4.79 Å². The number of rotatable bonds is 5. The molecule has 0 aliphatic heterocycles. The summed E-state index contributed by atoms with van der Waals surface area (Å²) in [6.07, 6.45) is -0.725. The minimum absolute atomic E-state index is 0.223. The molecule has 1 heterocycles. The van der Waals surface area contributed by atoms with Crippen molar-refractivity contribution in [2.75, 3.05) is 7.11 Å². The third-order valence-corrected chi connectivity index (χ3v) is 4.81. The third-order valence-electron chi connectivity index (χ3n) is 4.81. The molecule has 0 spiro atoms. The summed E-state index contributed by atoms with van der Waals surface area (Å²) in [5.74, 6) is 0.239. The third kappa shape index (κ3) is 5.71. The molecule has 33 heavy (non-hydrogen) atoms. The average Bonchev–Trinajstić information content (AvgIpc) is 2.74. The van der Waals surface area contributed by atoms with Crippen LogP contribution in [0.2, 0.25) is 0 Å². The van der Waals surface area contributed by atoms with Crippen molar-refractivity contribution in [3.63, 3.8) is 0 Å². The van der Waals surface area contributed by atoms with Gasteiger partial charge in [-0.2, -0.15) is 0 Å². The van der Waals surface area contributed by atoms with Gasteiger partial charge < -0.3 is 23.9 Å². The molecular weight excluding hydrogens is 426 g/mol. The molecule has 0 saturated carbocycles. The van der Waals surface area contributed by atoms with Gasteiger partial charge in [0.15, 0.2) is 0 Å². The maximum absolute atomic E-state index is 12.5. The van der Waals surface area contributed by atoms with Crippen LogP contribution in [-0.2, 0) is 9.53 Å². The van der Waals surface area contributed by atoms with Crippen LogP contribution in [0.1, 0.15) is 33.3 Å². The van der Waals surface area contributed by atoms with Gasteiger partial charge in [0.2, 0.25) is 0 Å². The number of carbonyl (C=O) groups is 2. The standard InChI is InChI=1S/C25H27NO7/c1-14-20(31-23(28)15(2)26-24(29)33-25(3,4)5)12-11-18-19(13-21(27)32-22(14)18)16-7-9-17(30-6)10-8-16/h7-13,15H,1-6H3,(H,26,29). The van der Waals surface area contributed by atoms with E-state index in [1.807, 2.05) is 12.1 Å². The highest BCUT2D eigenvalue weighted by Gasteiger charge is 2.23. The Hall–Kier alpha value is -3.81. The number of hydrogen-bond acceptors (Lipinski definition) is 7. The molecule has 0 saturated heterocycles. The van der Waals surface area contributed by atoms with Crippen molar-refractivity contribution in [3.8, 4) is 22.6 Å². The highest BCUT2D eigenvalue weighted by molar-refractivity contribution is 5.96. The summed E-state index contributed by atoms with van der Waals surface area (Å²) in [6.45, 7) is 8.36. The van der Waals surface area contributed by atoms with Crippen LogP contribution in [0.15, 0.2) is 51.7 Å². The number of methoxy groups -OCH3 is 1. The number of aryl methyl sites for hydroxylation is 1. The molecule has 0 radical (unpaired) electrons. The van der Waals surface area contributed by atoms with Gasteiger partial charge in [0.05, 0.1) is 7.11 Å². The van der Waals surface area contributed by atoms with Crippen molar-refractivity contribution in [2.45, 2.75) is 46.3 Å². The summed E-state index contributed by atoms with van der Waals surface area (Å²) < 4.78 is 21.3. The Morgan fingerprint density at radius 1 is 1.06 bits per heavy atom. The van der Waals surface area contributed by atoms with Crippen LogP contribution >= 0.6 is 0 Å². The Balaban J connectivity index is 1.88. The number of ether oxygens (including phenoxy) is 3. The van der Waals surface area contributed by atoms with Crippen LogP contribution in [0.5, 0.6) is 11.5 Å². The van der Waals surface area contributed by atoms with E-state index in [1.54, 1.807) is 59.1 Å². The highest BCUT2D eigenvalue weighted by Crippen LogP contribution is 2.33. The van der Waals surface area contributed by atoms with E-state index in [-0.39, 0.29) is 5.75 Å². The van der Waals surface area contributed by atoms with Crippen LogP contribution in [0.3, 0.4) is 0 Å². The zero-order valence-electron chi connectivity index (χ0n) is 19.5. The van der Waals surface area contributed by atoms with Crippen molar-refractivity contribution in [3.05, 3.63) is 58.4 Å². The fraction of sp³-hybridized carbons (Fsp3) is 0.320. The molecule has 1 amide bonds. The minimum Gasteiger partial charge on any atom is -0.497 e. The number of esters is 1. The van der Waals surface area contributed by atoms with Crippen molar-refractivity contribution in [1.82, 2.24) is 5.32 Å². The number of hydrogen-bond donors (Lipinski definition) is 1. The van der Waals surface area contributed by atoms with Gasteiger partial charge in [-0.1, -0.05) is 12.1 Å². The zero-order chi connectivity index (χ0) is 24.3. The first-order valence-electron chi connectivity index (χ1n) is 10.4. The van der Waals surface area contributed by atoms with E-state index >= 15 is 0 Å². The quantitative estimate of drug-likeness (QED) is 0.342. The summed E-state index contributed by atoms with van der Waals surface area (Å²) >= 11 is 0. The van der Waals surface area contributed by atoms with Gasteiger partial charge in [0, 0.05) is 17.0 Å². The first-order chi connectivity index (χ1) is 15.5. The predicted molar refractivity (Wildman–Crippen MR) is 124 cm³/mol. The summed E-state index contributed by atoms with van der Waals surface area (Å²) in [4.78, 5) is 36.7. The number of amides is 1. The lowest BCUT2D eigenvalue weighted by atomic mass is 10.00. The van der Waals surface area contributed by atoms with Crippen molar-refractivity contribution < 1.29 is 28.2 Å². The Labute approximate surface area is 191 Å². The Morgan fingerprint density at radius 2 is 1.73 bits per heavy atom. The van der Waals surface area contributed by atoms with Gasteiger partial charge in [-0.15, -0.1) is 0 Å². The van der Waals surface area contributed by atoms with E-state index < -0.39 is 29.3 Å². The molecule has 0 aliphatic carbocycles. The second kappa shape index (κ2) is 9.36. The second-order valence-corrected chi connectivity index (χ2v) is 8.56. The average molecular weight is 453 g/mol. The van der Waals surface area contributed by atoms with E-state index in [0.29, 0.717) is 27.8 Å². The molecule has 0 bridgehead atoms. The predicted octanol–water partition coefficient (Wildman–Crippen LogP) is 4.60. The van der Waals surface area contributed by atoms with E-state index in [0.717, 1.165) is 5.56 Å². The van der Waals surface area contributed by atoms with Crippen molar-refractivity contribution in [2.24, 2.45) is 0 Å². The molecule has 1 aromatic heterocycles. The van der Waals surface area contributed by atoms with E-state index in [9.17, 15) is 14.4 Å². The molecule has 1 atom stereocenters. The normalized spacial score (nSPS) is 12.2. The SMILES string of the molecule is COc1ccc(-c2cc(=O)oc3c(C)c(OC(=O)C(C)NC(=O)OC(C)(C)C)ccc23)cc1. The molecular formula is C25H27NO7. The molecule has 3 aromatic rings. The van der Waals surface area contributed by atoms with Crippen LogP contribution in [0, 0.1) is 6.92 Å². The fourth-order valence-corrected chi connectivity index (χ4v) is 3.20. The molecule has 8 heteroatoms. The summed E-state index contributed by atoms with van der Waals surface area (Å²) in [7, 11) is 1.58. The highest BCUT2D eigenvalue weighted by atomic mass is 16.6. The molecule has 2 aromatic carbocycles. The maximum atomic E-state index is 12.5. The smallest absolute Gasteiger partial charge is 0.408 e. The molecule has 1 unspecified atom stereocenters. The van der Waals surface area contributed by atoms with Gasteiger partial charge >= 0.3 is 17.7 Å². The second-order valence-electron chi connectivity index (χ2n) is 8.56. The number of fused-ring (bicyclic) bond motifs is 1. The fourth-order valence-electron chi connectivity index (χ4n) is 3.20. The first-order valence-corrected chi connectivity index (χ1v) is 10.4. The molecule has 0 aliphatic rings. The Morgan fingerprint density at radius 3 is 2.33 bits per heavy atom. The van der Waals surface area contributed by atoms with Crippen LogP contribution in [0.25, 0.3) is 22.1 Å². The topological polar surface area (TPSA) is 104 Å². The number of alkyl carbamates (subject to hydrolysis) is 1. The minimum atomic E-state index is -0.951. The lowest BCUT2D eigenvalue weighted by molar-refractivity contribution is -0.136. The van der Waals surface area contributed by atoms with Crippen molar-refractivity contribution in [1.29, 1.82) is 0 Å². The van der Waals surface area contributed by atoms with Gasteiger partial charge in [-0.05, 0) is 70.0 Å². The molecule has 174 valence electrons. The van der Waals surface area contributed by atoms with E-state index in [2.05, 4.69) is 5.32 Å².